The Morgan fingerprint density at radius 3 is 2.86 bits per heavy atom. The van der Waals surface area contributed by atoms with Crippen LogP contribution in [-0.4, -0.2) is 92.0 Å². The molecule has 2 bridgehead atoms. The monoisotopic (exact) mass is 676 g/mol. The highest BCUT2D eigenvalue weighted by atomic mass is 19.1. The van der Waals surface area contributed by atoms with E-state index < -0.39 is 29.9 Å². The molecular formula is C38H34F2N6O4. The molecule has 1 amide bonds. The molecular weight excluding hydrogens is 642 g/mol. The van der Waals surface area contributed by atoms with Gasteiger partial charge in [0.15, 0.2) is 5.82 Å². The number of rotatable bonds is 4. The fourth-order valence-electron chi connectivity index (χ4n) is 10.1. The van der Waals surface area contributed by atoms with Crippen molar-refractivity contribution in [1.29, 1.82) is 0 Å². The van der Waals surface area contributed by atoms with E-state index in [1.54, 1.807) is 24.3 Å². The molecule has 2 aromatic heterocycles. The highest BCUT2D eigenvalue weighted by Crippen LogP contribution is 2.60. The number of hydrogen-bond acceptors (Lipinski definition) is 8. The molecule has 5 unspecified atom stereocenters. The summed E-state index contributed by atoms with van der Waals surface area (Å²) >= 11 is 0. The van der Waals surface area contributed by atoms with E-state index in [4.69, 9.17) is 30.8 Å². The molecule has 4 saturated heterocycles. The van der Waals surface area contributed by atoms with Crippen LogP contribution < -0.4 is 14.4 Å². The van der Waals surface area contributed by atoms with Gasteiger partial charge in [-0.05, 0) is 55.9 Å². The smallest absolute Gasteiger partial charge is 0.407 e. The number of piperazine rings is 1. The number of fused-ring (bicyclic) bond motifs is 9. The van der Waals surface area contributed by atoms with E-state index in [0.717, 1.165) is 25.9 Å². The zero-order valence-corrected chi connectivity index (χ0v) is 27.4. The highest BCUT2D eigenvalue weighted by molar-refractivity contribution is 6.03. The lowest BCUT2D eigenvalue weighted by Crippen LogP contribution is -2.64. The van der Waals surface area contributed by atoms with Crippen molar-refractivity contribution in [2.24, 2.45) is 11.8 Å². The van der Waals surface area contributed by atoms with Crippen molar-refractivity contribution >= 4 is 33.6 Å². The third-order valence-corrected chi connectivity index (χ3v) is 12.2. The van der Waals surface area contributed by atoms with Gasteiger partial charge in [0.2, 0.25) is 5.88 Å². The first-order valence-electron chi connectivity index (χ1n) is 17.3. The van der Waals surface area contributed by atoms with Crippen LogP contribution in [0.4, 0.5) is 19.4 Å². The van der Waals surface area contributed by atoms with Crippen LogP contribution in [-0.2, 0) is 0 Å². The van der Waals surface area contributed by atoms with E-state index in [-0.39, 0.29) is 51.7 Å². The van der Waals surface area contributed by atoms with Crippen molar-refractivity contribution in [2.75, 3.05) is 31.1 Å². The van der Waals surface area contributed by atoms with Crippen molar-refractivity contribution in [3.63, 3.8) is 0 Å². The number of carbonyl (C=O) groups is 1. The Kier molecular flexibility index (Phi) is 6.13. The number of nitrogens with zero attached hydrogens (tertiary/aromatic N) is 6. The SMILES string of the molecule is C#Cc1c(F)ccc2cccc(-c3nc4c5c(nc(OCC67CC(=C)CN6C[C@H]6C[C@H]67)nc5c3F)N3CC5CCC(C3C(C)O4)N5C(=O)O)c12. The summed E-state index contributed by atoms with van der Waals surface area (Å²) in [6, 6.07) is 7.06. The summed E-state index contributed by atoms with van der Waals surface area (Å²) in [6.07, 6.45) is 7.61. The first kappa shape index (κ1) is 29.9. The first-order chi connectivity index (χ1) is 24.2. The topological polar surface area (TPSA) is 104 Å². The average Bonchev–Trinajstić information content (AvgIpc) is 3.62. The predicted molar refractivity (Wildman–Crippen MR) is 181 cm³/mol. The number of aromatic nitrogens is 3. The Hall–Kier alpha value is -5.02. The Labute approximate surface area is 286 Å². The Bertz CT molecular complexity index is 2240. The van der Waals surface area contributed by atoms with Gasteiger partial charge in [0, 0.05) is 30.6 Å². The van der Waals surface area contributed by atoms with Gasteiger partial charge >= 0.3 is 12.1 Å². The van der Waals surface area contributed by atoms with E-state index in [2.05, 4.69) is 22.3 Å². The van der Waals surface area contributed by atoms with Gasteiger partial charge in [-0.2, -0.15) is 9.97 Å². The molecule has 0 spiro atoms. The maximum absolute atomic E-state index is 17.2. The molecule has 10 rings (SSSR count). The van der Waals surface area contributed by atoms with Crippen LogP contribution in [0.5, 0.6) is 11.9 Å². The summed E-state index contributed by atoms with van der Waals surface area (Å²) in [7, 11) is 0. The number of amides is 1. The molecule has 1 aliphatic carbocycles. The number of terminal acetylenes is 1. The largest absolute Gasteiger partial charge is 0.472 e. The number of pyridine rings is 1. The molecule has 4 aromatic rings. The van der Waals surface area contributed by atoms with Gasteiger partial charge < -0.3 is 19.5 Å². The average molecular weight is 677 g/mol. The highest BCUT2D eigenvalue weighted by Gasteiger charge is 2.64. The lowest BCUT2D eigenvalue weighted by molar-refractivity contribution is 0.0704. The van der Waals surface area contributed by atoms with Gasteiger partial charge in [0.05, 0.1) is 29.2 Å². The van der Waals surface area contributed by atoms with Crippen LogP contribution in [0.25, 0.3) is 32.9 Å². The predicted octanol–water partition coefficient (Wildman–Crippen LogP) is 5.61. The molecule has 5 fully saturated rings. The van der Waals surface area contributed by atoms with E-state index in [1.165, 1.54) is 16.5 Å². The van der Waals surface area contributed by atoms with Gasteiger partial charge in [-0.15, -0.1) is 6.42 Å². The summed E-state index contributed by atoms with van der Waals surface area (Å²) in [4.78, 5) is 32.9. The Balaban J connectivity index is 1.17. The van der Waals surface area contributed by atoms with Crippen LogP contribution in [0.2, 0.25) is 0 Å². The third-order valence-electron chi connectivity index (χ3n) is 12.2. The first-order valence-corrected chi connectivity index (χ1v) is 17.3. The van der Waals surface area contributed by atoms with Crippen molar-refractivity contribution in [3.8, 4) is 35.5 Å². The Morgan fingerprint density at radius 2 is 2.04 bits per heavy atom. The van der Waals surface area contributed by atoms with Crippen molar-refractivity contribution in [2.45, 2.75) is 62.4 Å². The van der Waals surface area contributed by atoms with E-state index in [1.807, 2.05) is 6.92 Å². The minimum Gasteiger partial charge on any atom is -0.472 e. The summed E-state index contributed by atoms with van der Waals surface area (Å²) in [6.45, 7) is 8.70. The minimum atomic E-state index is -0.973. The number of ether oxygens (including phenoxy) is 2. The van der Waals surface area contributed by atoms with Gasteiger partial charge in [0.1, 0.15) is 40.9 Å². The van der Waals surface area contributed by atoms with E-state index in [0.29, 0.717) is 60.0 Å². The van der Waals surface area contributed by atoms with Gasteiger partial charge in [-0.25, -0.2) is 18.6 Å². The number of benzene rings is 2. The van der Waals surface area contributed by atoms with Crippen LogP contribution in [0.15, 0.2) is 42.5 Å². The zero-order valence-electron chi connectivity index (χ0n) is 27.4. The molecule has 7 atom stereocenters. The maximum Gasteiger partial charge on any atom is 0.407 e. The molecule has 50 heavy (non-hydrogen) atoms. The number of piperidine rings is 1. The van der Waals surface area contributed by atoms with Crippen LogP contribution in [0.3, 0.4) is 0 Å². The number of halogens is 2. The molecule has 1 saturated carbocycles. The fourth-order valence-corrected chi connectivity index (χ4v) is 10.1. The van der Waals surface area contributed by atoms with Crippen molar-refractivity contribution in [1.82, 2.24) is 24.8 Å². The fraction of sp³-hybridized carbons (Fsp3) is 0.421. The standard InChI is InChI=1S/C38H34F2N6O4/c1-4-23-26(39)10-8-20-6-5-7-24(28(20)23)31-30(40)32-29-34(43-36(42-32)49-17-38-13-18(2)14-44(38)15-21-12-25(21)38)45-16-22-9-11-27(46(22)37(47)48)33(45)19(3)50-35(29)41-31/h1,5-8,10,19,21-22,25,27,33H,2,9,11-17H2,3H3,(H,47,48)/t19?,21-,22?,25-,27?,33?,38?/m1/s1. The molecule has 6 aliphatic rings. The summed E-state index contributed by atoms with van der Waals surface area (Å²) in [5, 5.41) is 11.5. The summed E-state index contributed by atoms with van der Waals surface area (Å²) in [5.41, 5.74) is 1.16. The van der Waals surface area contributed by atoms with Crippen LogP contribution >= 0.6 is 0 Å². The molecule has 10 nitrogen and oxygen atoms in total. The number of hydrogen-bond donors (Lipinski definition) is 1. The Morgan fingerprint density at radius 1 is 1.18 bits per heavy atom. The normalized spacial score (nSPS) is 30.5. The molecule has 254 valence electrons. The maximum atomic E-state index is 17.2. The zero-order chi connectivity index (χ0) is 34.2. The quantitative estimate of drug-likeness (QED) is 0.218. The molecule has 7 heterocycles. The summed E-state index contributed by atoms with van der Waals surface area (Å²) < 4.78 is 45.4. The third kappa shape index (κ3) is 3.98. The lowest BCUT2D eigenvalue weighted by atomic mass is 9.91. The second-order valence-corrected chi connectivity index (χ2v) is 14.9. The summed E-state index contributed by atoms with van der Waals surface area (Å²) in [5.74, 6) is 2.79. The lowest BCUT2D eigenvalue weighted by Gasteiger charge is -2.47. The number of carboxylic acid groups (broad SMARTS) is 1. The molecule has 1 N–H and O–H groups in total. The number of anilines is 1. The van der Waals surface area contributed by atoms with Crippen molar-refractivity contribution < 1.29 is 28.2 Å². The van der Waals surface area contributed by atoms with Gasteiger partial charge in [-0.1, -0.05) is 42.3 Å². The van der Waals surface area contributed by atoms with Crippen LogP contribution in [0.1, 0.15) is 38.2 Å². The second-order valence-electron chi connectivity index (χ2n) is 14.9. The van der Waals surface area contributed by atoms with E-state index in [9.17, 15) is 9.90 Å². The molecule has 5 aliphatic heterocycles. The molecule has 0 radical (unpaired) electrons. The van der Waals surface area contributed by atoms with Crippen molar-refractivity contribution in [3.05, 3.63) is 59.7 Å². The van der Waals surface area contributed by atoms with E-state index >= 15 is 8.78 Å². The van der Waals surface area contributed by atoms with Crippen LogP contribution in [0, 0.1) is 35.8 Å². The molecule has 2 aromatic carbocycles. The molecule has 12 heteroatoms. The van der Waals surface area contributed by atoms with Gasteiger partial charge in [0.25, 0.3) is 0 Å². The second kappa shape index (κ2) is 10.3. The minimum absolute atomic E-state index is 0.00534. The van der Waals surface area contributed by atoms with Gasteiger partial charge in [-0.3, -0.25) is 9.80 Å².